The lowest BCUT2D eigenvalue weighted by atomic mass is 10.1. The number of nitrogens with zero attached hydrogens (tertiary/aromatic N) is 4. The molecular formula is C18H15N5. The van der Waals surface area contributed by atoms with E-state index in [9.17, 15) is 0 Å². The van der Waals surface area contributed by atoms with Gasteiger partial charge >= 0.3 is 0 Å². The van der Waals surface area contributed by atoms with E-state index < -0.39 is 0 Å². The predicted octanol–water partition coefficient (Wildman–Crippen LogP) is 2.96. The van der Waals surface area contributed by atoms with Gasteiger partial charge in [0.05, 0.1) is 6.20 Å². The van der Waals surface area contributed by atoms with Gasteiger partial charge in [0.1, 0.15) is 0 Å². The second kappa shape index (κ2) is 5.53. The Morgan fingerprint density at radius 2 is 1.57 bits per heavy atom. The molecule has 0 aliphatic rings. The van der Waals surface area contributed by atoms with Gasteiger partial charge in [-0.15, -0.1) is 0 Å². The molecule has 0 fully saturated rings. The molecule has 4 aromatic rings. The van der Waals surface area contributed by atoms with Crippen LogP contribution in [-0.2, 0) is 6.42 Å². The second-order valence-electron chi connectivity index (χ2n) is 5.34. The first-order valence-electron chi connectivity index (χ1n) is 7.41. The Kier molecular flexibility index (Phi) is 3.24. The van der Waals surface area contributed by atoms with Crippen LogP contribution >= 0.6 is 0 Å². The molecular weight excluding hydrogens is 286 g/mol. The molecule has 0 spiro atoms. The summed E-state index contributed by atoms with van der Waals surface area (Å²) in [6, 6.07) is 20.1. The molecule has 2 aromatic carbocycles. The van der Waals surface area contributed by atoms with Crippen molar-refractivity contribution in [2.24, 2.45) is 0 Å². The number of fused-ring (bicyclic) bond motifs is 1. The number of nitrogen functional groups attached to an aromatic ring is 1. The number of aromatic nitrogens is 4. The zero-order valence-electron chi connectivity index (χ0n) is 12.4. The van der Waals surface area contributed by atoms with Crippen LogP contribution < -0.4 is 5.73 Å². The Bertz CT molecular complexity index is 945. The third-order valence-corrected chi connectivity index (χ3v) is 3.74. The molecule has 0 atom stereocenters. The molecule has 23 heavy (non-hydrogen) atoms. The molecule has 112 valence electrons. The molecule has 2 N–H and O–H groups in total. The smallest absolute Gasteiger partial charge is 0.225 e. The van der Waals surface area contributed by atoms with Crippen molar-refractivity contribution in [2.75, 3.05) is 5.73 Å². The number of hydrogen-bond donors (Lipinski definition) is 1. The molecule has 0 radical (unpaired) electrons. The van der Waals surface area contributed by atoms with Crippen LogP contribution in [0.5, 0.6) is 0 Å². The van der Waals surface area contributed by atoms with Gasteiger partial charge < -0.3 is 5.73 Å². The molecule has 0 bridgehead atoms. The first-order chi connectivity index (χ1) is 11.3. The van der Waals surface area contributed by atoms with Gasteiger partial charge in [0, 0.05) is 17.5 Å². The number of benzene rings is 2. The van der Waals surface area contributed by atoms with E-state index in [1.165, 1.54) is 5.56 Å². The molecule has 2 heterocycles. The normalized spacial score (nSPS) is 11.0. The summed E-state index contributed by atoms with van der Waals surface area (Å²) in [4.78, 5) is 9.03. The quantitative estimate of drug-likeness (QED) is 0.631. The first-order valence-corrected chi connectivity index (χ1v) is 7.41. The second-order valence-corrected chi connectivity index (χ2v) is 5.34. The Morgan fingerprint density at radius 1 is 0.870 bits per heavy atom. The lowest BCUT2D eigenvalue weighted by Crippen LogP contribution is -2.05. The van der Waals surface area contributed by atoms with Crippen molar-refractivity contribution < 1.29 is 0 Å². The Labute approximate surface area is 133 Å². The average Bonchev–Trinajstić information content (AvgIpc) is 3.00. The largest absolute Gasteiger partial charge is 0.368 e. The number of anilines is 1. The minimum Gasteiger partial charge on any atom is -0.368 e. The van der Waals surface area contributed by atoms with E-state index in [2.05, 4.69) is 27.2 Å². The van der Waals surface area contributed by atoms with Gasteiger partial charge in [-0.2, -0.15) is 14.6 Å². The summed E-state index contributed by atoms with van der Waals surface area (Å²) in [5, 5.41) is 4.32. The van der Waals surface area contributed by atoms with Crippen LogP contribution in [0.2, 0.25) is 0 Å². The van der Waals surface area contributed by atoms with Crippen molar-refractivity contribution in [3.05, 3.63) is 78.0 Å². The Hall–Kier alpha value is -3.21. The minimum absolute atomic E-state index is 0.341. The minimum atomic E-state index is 0.341. The summed E-state index contributed by atoms with van der Waals surface area (Å²) in [6.07, 6.45) is 2.57. The van der Waals surface area contributed by atoms with Gasteiger partial charge in [-0.1, -0.05) is 60.7 Å². The lowest BCUT2D eigenvalue weighted by molar-refractivity contribution is 0.913. The molecule has 2 aromatic heterocycles. The third-order valence-electron chi connectivity index (χ3n) is 3.74. The molecule has 5 heteroatoms. The molecule has 5 nitrogen and oxygen atoms in total. The molecule has 0 amide bonds. The zero-order chi connectivity index (χ0) is 15.6. The van der Waals surface area contributed by atoms with Gasteiger partial charge in [0.2, 0.25) is 5.95 Å². The van der Waals surface area contributed by atoms with E-state index in [0.29, 0.717) is 11.8 Å². The monoisotopic (exact) mass is 301 g/mol. The SMILES string of the molecule is Nc1nc(-c2ccccc2)nc2c(Cc3ccccc3)cnn12. The fraction of sp³-hybridized carbons (Fsp3) is 0.0556. The third kappa shape index (κ3) is 2.53. The number of hydrogen-bond acceptors (Lipinski definition) is 4. The first kappa shape index (κ1) is 13.5. The standard InChI is InChI=1S/C18H15N5/c19-18-22-16(14-9-5-2-6-10-14)21-17-15(12-20-23(17)18)11-13-7-3-1-4-8-13/h1-10,12H,11H2,(H2,19,21,22). The fourth-order valence-corrected chi connectivity index (χ4v) is 2.60. The fourth-order valence-electron chi connectivity index (χ4n) is 2.60. The van der Waals surface area contributed by atoms with E-state index >= 15 is 0 Å². The highest BCUT2D eigenvalue weighted by Crippen LogP contribution is 2.20. The lowest BCUT2D eigenvalue weighted by Gasteiger charge is -2.05. The molecule has 0 aliphatic heterocycles. The van der Waals surface area contributed by atoms with Crippen molar-refractivity contribution in [2.45, 2.75) is 6.42 Å². The van der Waals surface area contributed by atoms with Gasteiger partial charge in [-0.3, -0.25) is 0 Å². The van der Waals surface area contributed by atoms with Crippen LogP contribution in [0.25, 0.3) is 17.0 Å². The Morgan fingerprint density at radius 3 is 2.30 bits per heavy atom. The molecule has 0 aliphatic carbocycles. The summed E-state index contributed by atoms with van der Waals surface area (Å²) in [6.45, 7) is 0. The van der Waals surface area contributed by atoms with Gasteiger partial charge in [0.15, 0.2) is 11.5 Å². The van der Waals surface area contributed by atoms with Crippen LogP contribution in [0.3, 0.4) is 0 Å². The van der Waals surface area contributed by atoms with Crippen LogP contribution in [0.15, 0.2) is 66.9 Å². The van der Waals surface area contributed by atoms with Crippen molar-refractivity contribution in [1.29, 1.82) is 0 Å². The van der Waals surface area contributed by atoms with E-state index in [-0.39, 0.29) is 0 Å². The number of nitrogens with two attached hydrogens (primary N) is 1. The van der Waals surface area contributed by atoms with Crippen LogP contribution in [0.1, 0.15) is 11.1 Å². The summed E-state index contributed by atoms with van der Waals surface area (Å²) in [5.74, 6) is 0.957. The van der Waals surface area contributed by atoms with Crippen LogP contribution in [0.4, 0.5) is 5.95 Å². The van der Waals surface area contributed by atoms with Gasteiger partial charge in [-0.05, 0) is 5.56 Å². The highest BCUT2D eigenvalue weighted by Gasteiger charge is 2.12. The number of rotatable bonds is 3. The Balaban J connectivity index is 1.82. The topological polar surface area (TPSA) is 69.1 Å². The van der Waals surface area contributed by atoms with E-state index in [1.807, 2.05) is 54.7 Å². The maximum absolute atomic E-state index is 6.05. The summed E-state index contributed by atoms with van der Waals surface area (Å²) in [5.41, 5.74) is 9.98. The van der Waals surface area contributed by atoms with Gasteiger partial charge in [-0.25, -0.2) is 4.98 Å². The highest BCUT2D eigenvalue weighted by atomic mass is 15.3. The summed E-state index contributed by atoms with van der Waals surface area (Å²) in [7, 11) is 0. The van der Waals surface area contributed by atoms with Crippen LogP contribution in [-0.4, -0.2) is 19.6 Å². The van der Waals surface area contributed by atoms with Crippen molar-refractivity contribution >= 4 is 11.6 Å². The van der Waals surface area contributed by atoms with E-state index in [1.54, 1.807) is 4.52 Å². The summed E-state index contributed by atoms with van der Waals surface area (Å²) >= 11 is 0. The van der Waals surface area contributed by atoms with E-state index in [0.717, 1.165) is 23.2 Å². The summed E-state index contributed by atoms with van der Waals surface area (Å²) < 4.78 is 1.59. The van der Waals surface area contributed by atoms with Crippen LogP contribution in [0, 0.1) is 0 Å². The zero-order valence-corrected chi connectivity index (χ0v) is 12.4. The average molecular weight is 301 g/mol. The maximum atomic E-state index is 6.05. The van der Waals surface area contributed by atoms with Crippen molar-refractivity contribution in [3.8, 4) is 11.4 Å². The van der Waals surface area contributed by atoms with Crippen molar-refractivity contribution in [3.63, 3.8) is 0 Å². The molecule has 4 rings (SSSR count). The van der Waals surface area contributed by atoms with Crippen molar-refractivity contribution in [1.82, 2.24) is 19.6 Å². The van der Waals surface area contributed by atoms with Gasteiger partial charge in [0.25, 0.3) is 0 Å². The highest BCUT2D eigenvalue weighted by molar-refractivity contribution is 5.61. The molecule has 0 unspecified atom stereocenters. The molecule has 0 saturated carbocycles. The maximum Gasteiger partial charge on any atom is 0.225 e. The van der Waals surface area contributed by atoms with E-state index in [4.69, 9.17) is 5.73 Å². The molecule has 0 saturated heterocycles. The predicted molar refractivity (Wildman–Crippen MR) is 89.9 cm³/mol.